The van der Waals surface area contributed by atoms with Crippen molar-refractivity contribution in [2.24, 2.45) is 0 Å². The first kappa shape index (κ1) is 14.4. The minimum atomic E-state index is 0.608. The second-order valence-corrected chi connectivity index (χ2v) is 5.53. The summed E-state index contributed by atoms with van der Waals surface area (Å²) in [6, 6.07) is 7.13. The summed E-state index contributed by atoms with van der Waals surface area (Å²) in [6.45, 7) is 5.63. The van der Waals surface area contributed by atoms with Crippen LogP contribution in [0.3, 0.4) is 0 Å². The van der Waals surface area contributed by atoms with Crippen LogP contribution < -0.4 is 10.1 Å². The van der Waals surface area contributed by atoms with Crippen molar-refractivity contribution in [2.45, 2.75) is 57.9 Å². The van der Waals surface area contributed by atoms with E-state index in [2.05, 4.69) is 37.4 Å². The molecule has 19 heavy (non-hydrogen) atoms. The van der Waals surface area contributed by atoms with E-state index in [1.807, 2.05) is 0 Å². The molecule has 0 saturated heterocycles. The van der Waals surface area contributed by atoms with Gasteiger partial charge in [0.2, 0.25) is 0 Å². The lowest BCUT2D eigenvalue weighted by molar-refractivity contribution is 0.347. The van der Waals surface area contributed by atoms with Crippen molar-refractivity contribution in [1.82, 2.24) is 5.32 Å². The molecule has 106 valence electrons. The summed E-state index contributed by atoms with van der Waals surface area (Å²) < 4.78 is 5.61. The van der Waals surface area contributed by atoms with E-state index in [1.165, 1.54) is 43.2 Å². The van der Waals surface area contributed by atoms with Crippen LogP contribution in [0.4, 0.5) is 0 Å². The summed E-state index contributed by atoms with van der Waals surface area (Å²) in [7, 11) is 1.79. The van der Waals surface area contributed by atoms with Gasteiger partial charge in [-0.2, -0.15) is 0 Å². The highest BCUT2D eigenvalue weighted by molar-refractivity contribution is 5.45. The minimum Gasteiger partial charge on any atom is -0.496 e. The smallest absolute Gasteiger partial charge is 0.122 e. The van der Waals surface area contributed by atoms with Gasteiger partial charge in [-0.3, -0.25) is 0 Å². The molecule has 1 aromatic carbocycles. The molecule has 0 fully saturated rings. The summed E-state index contributed by atoms with van der Waals surface area (Å²) in [5.74, 6) is 1.69. The summed E-state index contributed by atoms with van der Waals surface area (Å²) in [4.78, 5) is 0. The Morgan fingerprint density at radius 3 is 2.79 bits per heavy atom. The maximum atomic E-state index is 5.61. The van der Waals surface area contributed by atoms with Gasteiger partial charge in [0.05, 0.1) is 7.11 Å². The fraction of sp³-hybridized carbons (Fsp3) is 0.647. The molecule has 2 atom stereocenters. The first-order valence-corrected chi connectivity index (χ1v) is 7.70. The fourth-order valence-electron chi connectivity index (χ4n) is 3.35. The molecule has 2 heteroatoms. The van der Waals surface area contributed by atoms with Crippen molar-refractivity contribution in [3.63, 3.8) is 0 Å². The maximum Gasteiger partial charge on any atom is 0.122 e. The van der Waals surface area contributed by atoms with Gasteiger partial charge < -0.3 is 10.1 Å². The number of ether oxygens (including phenoxy) is 1. The lowest BCUT2D eigenvalue weighted by atomic mass is 9.76. The first-order chi connectivity index (χ1) is 9.31. The van der Waals surface area contributed by atoms with Crippen LogP contribution in [-0.4, -0.2) is 19.7 Å². The van der Waals surface area contributed by atoms with Gasteiger partial charge in [0.15, 0.2) is 0 Å². The summed E-state index contributed by atoms with van der Waals surface area (Å²) in [5.41, 5.74) is 2.96. The molecular weight excluding hydrogens is 234 g/mol. The molecule has 0 spiro atoms. The molecule has 2 nitrogen and oxygen atoms in total. The number of nitrogens with one attached hydrogen (secondary N) is 1. The number of hydrogen-bond acceptors (Lipinski definition) is 2. The van der Waals surface area contributed by atoms with E-state index in [0.717, 1.165) is 12.3 Å². The zero-order chi connectivity index (χ0) is 13.7. The molecule has 0 bridgehead atoms. The van der Waals surface area contributed by atoms with Gasteiger partial charge in [0.25, 0.3) is 0 Å². The molecule has 0 aliphatic heterocycles. The quantitative estimate of drug-likeness (QED) is 0.838. The third-order valence-corrected chi connectivity index (χ3v) is 4.21. The summed E-state index contributed by atoms with van der Waals surface area (Å²) in [6.07, 6.45) is 6.11. The van der Waals surface area contributed by atoms with Crippen molar-refractivity contribution in [3.8, 4) is 5.75 Å². The predicted molar refractivity (Wildman–Crippen MR) is 81.0 cm³/mol. The van der Waals surface area contributed by atoms with Crippen molar-refractivity contribution < 1.29 is 4.74 Å². The molecule has 1 N–H and O–H groups in total. The van der Waals surface area contributed by atoms with Crippen LogP contribution in [0, 0.1) is 0 Å². The average Bonchev–Trinajstić information content (AvgIpc) is 2.45. The van der Waals surface area contributed by atoms with Crippen LogP contribution in [0.15, 0.2) is 18.2 Å². The van der Waals surface area contributed by atoms with Crippen LogP contribution in [0.5, 0.6) is 5.75 Å². The van der Waals surface area contributed by atoms with E-state index >= 15 is 0 Å². The van der Waals surface area contributed by atoms with Gasteiger partial charge in [0, 0.05) is 17.5 Å². The average molecular weight is 261 g/mol. The van der Waals surface area contributed by atoms with Gasteiger partial charge in [-0.1, -0.05) is 32.4 Å². The Kier molecular flexibility index (Phi) is 5.26. The summed E-state index contributed by atoms with van der Waals surface area (Å²) >= 11 is 0. The highest BCUT2D eigenvalue weighted by atomic mass is 16.5. The number of rotatable bonds is 6. The van der Waals surface area contributed by atoms with Crippen molar-refractivity contribution in [1.29, 1.82) is 0 Å². The van der Waals surface area contributed by atoms with Gasteiger partial charge in [-0.15, -0.1) is 0 Å². The van der Waals surface area contributed by atoms with Crippen LogP contribution in [0.25, 0.3) is 0 Å². The zero-order valence-corrected chi connectivity index (χ0v) is 12.5. The normalized spacial score (nSPS) is 22.1. The van der Waals surface area contributed by atoms with Crippen molar-refractivity contribution in [3.05, 3.63) is 29.3 Å². The van der Waals surface area contributed by atoms with E-state index in [0.29, 0.717) is 12.0 Å². The Hall–Kier alpha value is -1.02. The molecule has 0 heterocycles. The maximum absolute atomic E-state index is 5.61. The monoisotopic (exact) mass is 261 g/mol. The molecule has 0 amide bonds. The van der Waals surface area contributed by atoms with E-state index < -0.39 is 0 Å². The molecule has 0 radical (unpaired) electrons. The predicted octanol–water partition coefficient (Wildman–Crippen LogP) is 3.89. The van der Waals surface area contributed by atoms with Gasteiger partial charge in [-0.25, -0.2) is 0 Å². The lowest BCUT2D eigenvalue weighted by Crippen LogP contribution is -2.39. The third kappa shape index (κ3) is 3.11. The number of fused-ring (bicyclic) bond motifs is 1. The second-order valence-electron chi connectivity index (χ2n) is 5.53. The Balaban J connectivity index is 2.30. The van der Waals surface area contributed by atoms with Gasteiger partial charge in [-0.05, 0) is 43.9 Å². The second kappa shape index (κ2) is 6.95. The van der Waals surface area contributed by atoms with Crippen LogP contribution in [0.1, 0.15) is 56.6 Å². The molecule has 2 rings (SSSR count). The number of hydrogen-bond donors (Lipinski definition) is 1. The molecule has 0 aromatic heterocycles. The molecule has 1 aliphatic carbocycles. The van der Waals surface area contributed by atoms with E-state index in [4.69, 9.17) is 4.74 Å². The highest BCUT2D eigenvalue weighted by Gasteiger charge is 2.30. The zero-order valence-electron chi connectivity index (χ0n) is 12.5. The van der Waals surface area contributed by atoms with E-state index in [1.54, 1.807) is 7.11 Å². The largest absolute Gasteiger partial charge is 0.496 e. The number of methoxy groups -OCH3 is 1. The topological polar surface area (TPSA) is 21.3 Å². The molecular formula is C17H27NO. The van der Waals surface area contributed by atoms with Crippen molar-refractivity contribution >= 4 is 0 Å². The number of aryl methyl sites for hydroxylation is 1. The SMILES string of the molecule is CCCN[C@H]1CCc2cccc(OC)c2[C@H]1CCC. The van der Waals surface area contributed by atoms with E-state index in [9.17, 15) is 0 Å². The third-order valence-electron chi connectivity index (χ3n) is 4.21. The fourth-order valence-corrected chi connectivity index (χ4v) is 3.35. The van der Waals surface area contributed by atoms with Crippen LogP contribution >= 0.6 is 0 Å². The van der Waals surface area contributed by atoms with E-state index in [-0.39, 0.29) is 0 Å². The minimum absolute atomic E-state index is 0.608. The Morgan fingerprint density at radius 2 is 2.11 bits per heavy atom. The van der Waals surface area contributed by atoms with Crippen molar-refractivity contribution in [2.75, 3.05) is 13.7 Å². The van der Waals surface area contributed by atoms with Crippen LogP contribution in [-0.2, 0) is 6.42 Å². The molecule has 0 unspecified atom stereocenters. The van der Waals surface area contributed by atoms with Gasteiger partial charge in [0.1, 0.15) is 5.75 Å². The number of benzene rings is 1. The molecule has 1 aliphatic rings. The lowest BCUT2D eigenvalue weighted by Gasteiger charge is -2.35. The molecule has 1 aromatic rings. The highest BCUT2D eigenvalue weighted by Crippen LogP contribution is 2.40. The standard InChI is InChI=1S/C17H27NO/c1-4-7-14-15(18-12-5-2)11-10-13-8-6-9-16(19-3)17(13)14/h6,8-9,14-15,18H,4-5,7,10-12H2,1-3H3/t14-,15-/m0/s1. The summed E-state index contributed by atoms with van der Waals surface area (Å²) in [5, 5.41) is 3.74. The Bertz CT molecular complexity index is 388. The van der Waals surface area contributed by atoms with Gasteiger partial charge >= 0.3 is 0 Å². The Morgan fingerprint density at radius 1 is 1.26 bits per heavy atom. The molecule has 0 saturated carbocycles. The van der Waals surface area contributed by atoms with Crippen LogP contribution in [0.2, 0.25) is 0 Å². The Labute approximate surface area is 117 Å². The first-order valence-electron chi connectivity index (χ1n) is 7.70.